The Morgan fingerprint density at radius 3 is 2.35 bits per heavy atom. The summed E-state index contributed by atoms with van der Waals surface area (Å²) in [5.74, 6) is -0.937. The summed E-state index contributed by atoms with van der Waals surface area (Å²) in [6.07, 6.45) is 0. The zero-order valence-electron chi connectivity index (χ0n) is 10.9. The first-order valence-corrected chi connectivity index (χ1v) is 5.89. The van der Waals surface area contributed by atoms with Crippen molar-refractivity contribution >= 4 is 11.5 Å². The Morgan fingerprint density at radius 2 is 1.80 bits per heavy atom. The van der Waals surface area contributed by atoms with Crippen LogP contribution in [0.1, 0.15) is 21.5 Å². The highest BCUT2D eigenvalue weighted by molar-refractivity contribution is 5.96. The standard InChI is InChI=1S/C16H13FO3/c1-10(11-3-6-13(20-2)7-4-11)15-9-12(17)5-8-14(15)16(18)19/h3-9H,1H2,2H3,(H,18,19). The molecule has 0 fully saturated rings. The largest absolute Gasteiger partial charge is 0.497 e. The molecule has 0 amide bonds. The van der Waals surface area contributed by atoms with E-state index in [-0.39, 0.29) is 11.1 Å². The average Bonchev–Trinajstić information content (AvgIpc) is 2.46. The summed E-state index contributed by atoms with van der Waals surface area (Å²) in [7, 11) is 1.55. The van der Waals surface area contributed by atoms with Gasteiger partial charge in [-0.25, -0.2) is 9.18 Å². The van der Waals surface area contributed by atoms with Crippen LogP contribution in [0.25, 0.3) is 5.57 Å². The Hall–Kier alpha value is -2.62. The number of hydrogen-bond acceptors (Lipinski definition) is 2. The molecule has 0 heterocycles. The summed E-state index contributed by atoms with van der Waals surface area (Å²) in [4.78, 5) is 11.2. The van der Waals surface area contributed by atoms with Gasteiger partial charge >= 0.3 is 5.97 Å². The number of halogens is 1. The lowest BCUT2D eigenvalue weighted by Crippen LogP contribution is -2.03. The van der Waals surface area contributed by atoms with Gasteiger partial charge in [-0.3, -0.25) is 0 Å². The average molecular weight is 272 g/mol. The van der Waals surface area contributed by atoms with Gasteiger partial charge in [-0.1, -0.05) is 18.7 Å². The summed E-state index contributed by atoms with van der Waals surface area (Å²) in [6, 6.07) is 10.5. The van der Waals surface area contributed by atoms with Crippen LogP contribution in [0.3, 0.4) is 0 Å². The molecule has 0 bridgehead atoms. The molecule has 102 valence electrons. The molecular weight excluding hydrogens is 259 g/mol. The van der Waals surface area contributed by atoms with Gasteiger partial charge < -0.3 is 9.84 Å². The molecule has 1 N–H and O–H groups in total. The SMILES string of the molecule is C=C(c1ccc(OC)cc1)c1cc(F)ccc1C(=O)O. The van der Waals surface area contributed by atoms with Gasteiger partial charge in [-0.05, 0) is 47.0 Å². The minimum absolute atomic E-state index is 0.0206. The Bertz CT molecular complexity index is 660. The van der Waals surface area contributed by atoms with E-state index in [2.05, 4.69) is 6.58 Å². The molecule has 0 saturated heterocycles. The molecule has 0 aliphatic heterocycles. The molecule has 0 spiro atoms. The van der Waals surface area contributed by atoms with E-state index >= 15 is 0 Å². The molecule has 2 rings (SSSR count). The topological polar surface area (TPSA) is 46.5 Å². The summed E-state index contributed by atoms with van der Waals surface area (Å²) in [6.45, 7) is 3.86. The summed E-state index contributed by atoms with van der Waals surface area (Å²) in [5.41, 5.74) is 1.44. The number of benzene rings is 2. The zero-order valence-corrected chi connectivity index (χ0v) is 10.9. The van der Waals surface area contributed by atoms with Crippen molar-refractivity contribution in [2.45, 2.75) is 0 Å². The number of rotatable bonds is 4. The first kappa shape index (κ1) is 13.8. The molecule has 0 atom stereocenters. The van der Waals surface area contributed by atoms with Gasteiger partial charge in [0.15, 0.2) is 0 Å². The van der Waals surface area contributed by atoms with Crippen LogP contribution in [0.2, 0.25) is 0 Å². The molecule has 0 radical (unpaired) electrons. The molecular formula is C16H13FO3. The van der Waals surface area contributed by atoms with Crippen LogP contribution in [0, 0.1) is 5.82 Å². The molecule has 0 aromatic heterocycles. The first-order chi connectivity index (χ1) is 9.52. The molecule has 2 aromatic carbocycles. The second-order valence-corrected chi connectivity index (χ2v) is 4.20. The number of methoxy groups -OCH3 is 1. The van der Waals surface area contributed by atoms with Gasteiger partial charge in [-0.15, -0.1) is 0 Å². The second kappa shape index (κ2) is 5.57. The number of carboxylic acids is 1. The van der Waals surface area contributed by atoms with E-state index < -0.39 is 11.8 Å². The van der Waals surface area contributed by atoms with E-state index in [0.29, 0.717) is 16.9 Å². The summed E-state index contributed by atoms with van der Waals surface area (Å²) >= 11 is 0. The van der Waals surface area contributed by atoms with E-state index in [4.69, 9.17) is 9.84 Å². The molecule has 2 aromatic rings. The molecule has 4 heteroatoms. The zero-order chi connectivity index (χ0) is 14.7. The van der Waals surface area contributed by atoms with E-state index in [1.165, 1.54) is 12.1 Å². The predicted molar refractivity (Wildman–Crippen MR) is 74.5 cm³/mol. The number of hydrogen-bond donors (Lipinski definition) is 1. The third-order valence-electron chi connectivity index (χ3n) is 2.98. The highest BCUT2D eigenvalue weighted by atomic mass is 19.1. The highest BCUT2D eigenvalue weighted by Gasteiger charge is 2.14. The number of ether oxygens (including phenoxy) is 1. The molecule has 20 heavy (non-hydrogen) atoms. The van der Waals surface area contributed by atoms with Crippen LogP contribution in [0.5, 0.6) is 5.75 Å². The summed E-state index contributed by atoms with van der Waals surface area (Å²) in [5, 5.41) is 9.15. The monoisotopic (exact) mass is 272 g/mol. The van der Waals surface area contributed by atoms with Gasteiger partial charge in [-0.2, -0.15) is 0 Å². The van der Waals surface area contributed by atoms with Crippen molar-refractivity contribution in [2.75, 3.05) is 7.11 Å². The summed E-state index contributed by atoms with van der Waals surface area (Å²) < 4.78 is 18.4. The van der Waals surface area contributed by atoms with Crippen molar-refractivity contribution in [3.8, 4) is 5.75 Å². The second-order valence-electron chi connectivity index (χ2n) is 4.20. The van der Waals surface area contributed by atoms with Gasteiger partial charge in [0.25, 0.3) is 0 Å². The first-order valence-electron chi connectivity index (χ1n) is 5.89. The van der Waals surface area contributed by atoms with Crippen molar-refractivity contribution < 1.29 is 19.0 Å². The fraction of sp³-hybridized carbons (Fsp3) is 0.0625. The van der Waals surface area contributed by atoms with Crippen LogP contribution in [0.4, 0.5) is 4.39 Å². The van der Waals surface area contributed by atoms with E-state index in [1.54, 1.807) is 31.4 Å². The Morgan fingerprint density at radius 1 is 1.15 bits per heavy atom. The molecule has 0 aliphatic carbocycles. The van der Waals surface area contributed by atoms with Gasteiger partial charge in [0.2, 0.25) is 0 Å². The lowest BCUT2D eigenvalue weighted by atomic mass is 9.95. The maximum atomic E-state index is 13.4. The van der Waals surface area contributed by atoms with E-state index in [1.807, 2.05) is 0 Å². The Balaban J connectivity index is 2.46. The van der Waals surface area contributed by atoms with E-state index in [0.717, 1.165) is 6.07 Å². The minimum Gasteiger partial charge on any atom is -0.497 e. The van der Waals surface area contributed by atoms with Crippen molar-refractivity contribution in [2.24, 2.45) is 0 Å². The number of aromatic carboxylic acids is 1. The maximum absolute atomic E-state index is 13.4. The molecule has 0 saturated carbocycles. The number of carboxylic acid groups (broad SMARTS) is 1. The van der Waals surface area contributed by atoms with Crippen molar-refractivity contribution in [1.29, 1.82) is 0 Å². The maximum Gasteiger partial charge on any atom is 0.336 e. The lowest BCUT2D eigenvalue weighted by Gasteiger charge is -2.10. The highest BCUT2D eigenvalue weighted by Crippen LogP contribution is 2.27. The Kier molecular flexibility index (Phi) is 3.84. The van der Waals surface area contributed by atoms with Crippen molar-refractivity contribution in [3.05, 3.63) is 71.6 Å². The van der Waals surface area contributed by atoms with Crippen molar-refractivity contribution in [1.82, 2.24) is 0 Å². The van der Waals surface area contributed by atoms with Gasteiger partial charge in [0.05, 0.1) is 12.7 Å². The fourth-order valence-electron chi connectivity index (χ4n) is 1.90. The predicted octanol–water partition coefficient (Wildman–Crippen LogP) is 3.59. The van der Waals surface area contributed by atoms with Crippen molar-refractivity contribution in [3.63, 3.8) is 0 Å². The van der Waals surface area contributed by atoms with Crippen LogP contribution in [0.15, 0.2) is 49.0 Å². The molecule has 0 unspecified atom stereocenters. The van der Waals surface area contributed by atoms with Crippen LogP contribution in [-0.2, 0) is 0 Å². The normalized spacial score (nSPS) is 10.1. The number of carbonyl (C=O) groups is 1. The fourth-order valence-corrected chi connectivity index (χ4v) is 1.90. The minimum atomic E-state index is -1.12. The van der Waals surface area contributed by atoms with Gasteiger partial charge in [0.1, 0.15) is 11.6 Å². The van der Waals surface area contributed by atoms with E-state index in [9.17, 15) is 9.18 Å². The third kappa shape index (κ3) is 2.69. The smallest absolute Gasteiger partial charge is 0.336 e. The van der Waals surface area contributed by atoms with Crippen LogP contribution < -0.4 is 4.74 Å². The molecule has 3 nitrogen and oxygen atoms in total. The van der Waals surface area contributed by atoms with Crippen LogP contribution in [-0.4, -0.2) is 18.2 Å². The van der Waals surface area contributed by atoms with Crippen LogP contribution >= 0.6 is 0 Å². The third-order valence-corrected chi connectivity index (χ3v) is 2.98. The quantitative estimate of drug-likeness (QED) is 0.925. The lowest BCUT2D eigenvalue weighted by molar-refractivity contribution is 0.0696. The molecule has 0 aliphatic rings. The van der Waals surface area contributed by atoms with Gasteiger partial charge in [0, 0.05) is 0 Å². The Labute approximate surface area is 115 Å².